The van der Waals surface area contributed by atoms with Crippen molar-refractivity contribution < 1.29 is 44.3 Å². The summed E-state index contributed by atoms with van der Waals surface area (Å²) in [5.74, 6) is -7.32. The molecular weight excluding hydrogens is 560 g/mol. The highest BCUT2D eigenvalue weighted by Gasteiger charge is 2.64. The van der Waals surface area contributed by atoms with Crippen molar-refractivity contribution in [1.29, 1.82) is 0 Å². The number of nitrogens with one attached hydrogen (secondary N) is 1. The summed E-state index contributed by atoms with van der Waals surface area (Å²) in [4.78, 5) is 55.3. The Kier molecular flexibility index (Phi) is 7.19. The van der Waals surface area contributed by atoms with Gasteiger partial charge in [0.1, 0.15) is 22.8 Å². The lowest BCUT2D eigenvalue weighted by molar-refractivity contribution is -0.153. The third-order valence-corrected chi connectivity index (χ3v) is 8.37. The zero-order valence-corrected chi connectivity index (χ0v) is 23.9. The minimum absolute atomic E-state index is 0.0389. The highest BCUT2D eigenvalue weighted by Crippen LogP contribution is 2.54. The fourth-order valence-corrected chi connectivity index (χ4v) is 6.52. The van der Waals surface area contributed by atoms with Gasteiger partial charge >= 0.3 is 6.09 Å². The number of para-hydroxylation sites is 1. The summed E-state index contributed by atoms with van der Waals surface area (Å²) in [5.41, 5.74) is 2.12. The van der Waals surface area contributed by atoms with E-state index in [2.05, 4.69) is 5.32 Å². The number of anilines is 2. The smallest absolute Gasteiger partial charge is 0.417 e. The number of hydrogen-bond donors (Lipinski definition) is 6. The van der Waals surface area contributed by atoms with Crippen molar-refractivity contribution in [3.8, 4) is 11.5 Å². The number of amides is 2. The number of nitrogens with zero attached hydrogens (tertiary/aromatic N) is 2. The normalized spacial score (nSPS) is 24.7. The number of primary amides is 1. The van der Waals surface area contributed by atoms with Crippen LogP contribution in [0.5, 0.6) is 11.5 Å². The molecule has 2 amide bonds. The molecule has 0 aliphatic heterocycles. The number of phenolic OH excluding ortho intramolecular Hbond substituents is 1. The molecule has 2 aromatic carbocycles. The number of fused-ring (bicyclic) bond motifs is 3. The lowest BCUT2D eigenvalue weighted by atomic mass is 9.57. The van der Waals surface area contributed by atoms with Crippen molar-refractivity contribution >= 4 is 40.7 Å². The van der Waals surface area contributed by atoms with E-state index in [4.69, 9.17) is 10.5 Å². The molecule has 4 atom stereocenters. The van der Waals surface area contributed by atoms with Gasteiger partial charge in [-0.2, -0.15) is 0 Å². The van der Waals surface area contributed by atoms with Crippen LogP contribution in [0.3, 0.4) is 0 Å². The predicted molar refractivity (Wildman–Crippen MR) is 155 cm³/mol. The van der Waals surface area contributed by atoms with E-state index in [0.717, 1.165) is 0 Å². The number of rotatable bonds is 5. The van der Waals surface area contributed by atoms with Gasteiger partial charge < -0.3 is 35.8 Å². The topological polar surface area (TPSA) is 203 Å². The van der Waals surface area contributed by atoms with Crippen molar-refractivity contribution in [2.45, 2.75) is 24.5 Å². The van der Waals surface area contributed by atoms with Crippen molar-refractivity contribution in [3.05, 3.63) is 64.4 Å². The average molecular weight is 593 g/mol. The molecule has 13 heteroatoms. The maximum Gasteiger partial charge on any atom is 0.417 e. The fourth-order valence-electron chi connectivity index (χ4n) is 6.52. The van der Waals surface area contributed by atoms with Gasteiger partial charge in [0.2, 0.25) is 5.78 Å². The molecule has 3 unspecified atom stereocenters. The minimum atomic E-state index is -2.75. The van der Waals surface area contributed by atoms with Gasteiger partial charge in [-0.05, 0) is 56.6 Å². The van der Waals surface area contributed by atoms with Crippen LogP contribution in [-0.4, -0.2) is 88.7 Å². The molecule has 7 N–H and O–H groups in total. The van der Waals surface area contributed by atoms with Gasteiger partial charge in [0.25, 0.3) is 5.91 Å². The number of hydrogen-bond acceptors (Lipinski definition) is 11. The zero-order chi connectivity index (χ0) is 31.5. The Labute approximate surface area is 246 Å². The van der Waals surface area contributed by atoms with Crippen molar-refractivity contribution in [3.63, 3.8) is 0 Å². The third-order valence-electron chi connectivity index (χ3n) is 8.37. The summed E-state index contributed by atoms with van der Waals surface area (Å²) < 4.78 is 5.26. The maximum atomic E-state index is 14.1. The van der Waals surface area contributed by atoms with E-state index in [9.17, 15) is 39.6 Å². The van der Waals surface area contributed by atoms with E-state index < -0.39 is 69.9 Å². The van der Waals surface area contributed by atoms with Crippen LogP contribution >= 0.6 is 0 Å². The van der Waals surface area contributed by atoms with Crippen LogP contribution in [0.4, 0.5) is 16.2 Å². The molecule has 0 saturated heterocycles. The Hall–Kier alpha value is -4.88. The lowest BCUT2D eigenvalue weighted by Crippen LogP contribution is -2.65. The number of Topliss-reactive ketones (excluding diaryl/α,β-unsaturated/α-hetero) is 2. The minimum Gasteiger partial charge on any atom is -0.508 e. The standard InChI is InChI=1S/C30H32N4O9/c1-33(2)18-12-17(32-29(41)43-14-8-6-5-7-9-14)23(35)20-15(18)10-13-11-16-22(34(3)4)25(37)21(28(31)40)27(39)30(16,42)26(38)19(13)24(20)36/h5-9,12-13,16,22,35-36,39,42H,10-11H2,1-4H3,(H2,31,40)(H,32,41)/t13?,16?,22?,30-/m0/s1. The Morgan fingerprint density at radius 2 is 1.72 bits per heavy atom. The average Bonchev–Trinajstić information content (AvgIpc) is 2.92. The van der Waals surface area contributed by atoms with Crippen LogP contribution in [0.1, 0.15) is 17.5 Å². The van der Waals surface area contributed by atoms with Gasteiger partial charge in [-0.15, -0.1) is 0 Å². The van der Waals surface area contributed by atoms with E-state index in [1.807, 2.05) is 0 Å². The number of carbonyl (C=O) groups excluding carboxylic acids is 4. The van der Waals surface area contributed by atoms with Gasteiger partial charge in [-0.3, -0.25) is 24.6 Å². The quantitative estimate of drug-likeness (QED) is 0.218. The lowest BCUT2D eigenvalue weighted by Gasteiger charge is -2.50. The van der Waals surface area contributed by atoms with Crippen molar-refractivity contribution in [2.24, 2.45) is 17.6 Å². The second kappa shape index (κ2) is 10.4. The highest BCUT2D eigenvalue weighted by molar-refractivity contribution is 6.24. The van der Waals surface area contributed by atoms with Crippen molar-refractivity contribution in [1.82, 2.24) is 4.90 Å². The number of phenols is 1. The van der Waals surface area contributed by atoms with Crippen LogP contribution in [0.2, 0.25) is 0 Å². The summed E-state index contributed by atoms with van der Waals surface area (Å²) in [6.45, 7) is 0. The second-order valence-corrected chi connectivity index (χ2v) is 11.3. The molecule has 0 aromatic heterocycles. The zero-order valence-electron chi connectivity index (χ0n) is 23.9. The Bertz CT molecular complexity index is 1630. The van der Waals surface area contributed by atoms with Crippen LogP contribution in [0, 0.1) is 11.8 Å². The fraction of sp³-hybridized carbons (Fsp3) is 0.333. The molecule has 5 rings (SSSR count). The van der Waals surface area contributed by atoms with E-state index in [-0.39, 0.29) is 35.4 Å². The number of nitrogens with two attached hydrogens (primary N) is 1. The second-order valence-electron chi connectivity index (χ2n) is 11.3. The molecular formula is C30H32N4O9. The van der Waals surface area contributed by atoms with E-state index in [0.29, 0.717) is 11.3 Å². The first-order valence-corrected chi connectivity index (χ1v) is 13.4. The van der Waals surface area contributed by atoms with Gasteiger partial charge in [0, 0.05) is 31.3 Å². The first-order valence-electron chi connectivity index (χ1n) is 13.4. The number of aromatic hydroxyl groups is 1. The van der Waals surface area contributed by atoms with Gasteiger partial charge in [-0.1, -0.05) is 18.2 Å². The van der Waals surface area contributed by atoms with E-state index in [1.165, 1.54) is 25.1 Å². The van der Waals surface area contributed by atoms with Crippen LogP contribution < -0.4 is 20.7 Å². The molecule has 1 saturated carbocycles. The number of ketones is 2. The summed E-state index contributed by atoms with van der Waals surface area (Å²) >= 11 is 0. The largest absolute Gasteiger partial charge is 0.508 e. The first-order chi connectivity index (χ1) is 20.2. The molecule has 0 radical (unpaired) electrons. The molecule has 43 heavy (non-hydrogen) atoms. The summed E-state index contributed by atoms with van der Waals surface area (Å²) in [7, 11) is 6.51. The molecule has 3 aliphatic carbocycles. The molecule has 0 spiro atoms. The summed E-state index contributed by atoms with van der Waals surface area (Å²) in [6, 6.07) is 8.54. The molecule has 3 aliphatic rings. The molecule has 2 aromatic rings. The molecule has 1 fully saturated rings. The van der Waals surface area contributed by atoms with E-state index >= 15 is 0 Å². The first kappa shape index (κ1) is 29.6. The van der Waals surface area contributed by atoms with Gasteiger partial charge in [0.05, 0.1) is 17.3 Å². The Balaban J connectivity index is 1.65. The third kappa shape index (κ3) is 4.48. The number of benzene rings is 2. The molecule has 0 bridgehead atoms. The number of carbonyl (C=O) groups is 4. The highest BCUT2D eigenvalue weighted by atomic mass is 16.6. The summed E-state index contributed by atoms with van der Waals surface area (Å²) in [6.07, 6.45) is -0.860. The molecule has 0 heterocycles. The monoisotopic (exact) mass is 592 g/mol. The Morgan fingerprint density at radius 1 is 1.07 bits per heavy atom. The SMILES string of the molecule is CN(C)c1cc(NC(=O)Oc2ccccc2)c(O)c2c1CC1CC3C(N(C)C)C(=O)C(C(N)=O)=C(O)[C@@]3(O)C(=O)C1=C2O. The molecule has 13 nitrogen and oxygen atoms in total. The number of likely N-dealkylation sites (N-methyl/N-ethyl adjacent to an activating group) is 1. The Morgan fingerprint density at radius 3 is 2.30 bits per heavy atom. The van der Waals surface area contributed by atoms with Crippen LogP contribution in [0.25, 0.3) is 5.76 Å². The van der Waals surface area contributed by atoms with Gasteiger partial charge in [0.15, 0.2) is 17.1 Å². The van der Waals surface area contributed by atoms with Crippen LogP contribution in [-0.2, 0) is 20.8 Å². The maximum absolute atomic E-state index is 14.1. The van der Waals surface area contributed by atoms with E-state index in [1.54, 1.807) is 49.3 Å². The van der Waals surface area contributed by atoms with Crippen LogP contribution in [0.15, 0.2) is 53.3 Å². The van der Waals surface area contributed by atoms with Crippen molar-refractivity contribution in [2.75, 3.05) is 38.4 Å². The predicted octanol–water partition coefficient (Wildman–Crippen LogP) is 1.64. The van der Waals surface area contributed by atoms with Gasteiger partial charge in [-0.25, -0.2) is 4.79 Å². The number of ether oxygens (including phenoxy) is 1. The summed E-state index contributed by atoms with van der Waals surface area (Å²) in [5, 5.41) is 48.1. The number of aliphatic hydroxyl groups is 3. The molecule has 226 valence electrons. The number of aliphatic hydroxyl groups excluding tert-OH is 2.